The summed E-state index contributed by atoms with van der Waals surface area (Å²) in [6.07, 6.45) is 6.22. The van der Waals surface area contributed by atoms with Crippen LogP contribution < -0.4 is 24.8 Å². The monoisotopic (exact) mass is 619 g/mol. The van der Waals surface area contributed by atoms with Crippen molar-refractivity contribution in [2.75, 3.05) is 59.7 Å². The van der Waals surface area contributed by atoms with E-state index in [9.17, 15) is 14.4 Å². The number of fused-ring (bicyclic) bond motifs is 3. The molecule has 1 aliphatic carbocycles. The minimum Gasteiger partial charge on any atom is -0.493 e. The Morgan fingerprint density at radius 1 is 1.02 bits per heavy atom. The van der Waals surface area contributed by atoms with Gasteiger partial charge in [0.25, 0.3) is 5.91 Å². The fourth-order valence-electron chi connectivity index (χ4n) is 6.11. The average Bonchev–Trinajstić information content (AvgIpc) is 3.86. The van der Waals surface area contributed by atoms with Crippen molar-refractivity contribution in [3.05, 3.63) is 59.2 Å². The molecule has 2 N–H and O–H groups in total. The summed E-state index contributed by atoms with van der Waals surface area (Å²) in [5, 5.41) is 6.05. The van der Waals surface area contributed by atoms with Gasteiger partial charge in [-0.3, -0.25) is 19.3 Å². The number of hydrogen-bond acceptors (Lipinski definition) is 8. The van der Waals surface area contributed by atoms with E-state index in [1.54, 1.807) is 20.1 Å². The second-order valence-corrected chi connectivity index (χ2v) is 12.2. The van der Waals surface area contributed by atoms with Gasteiger partial charge >= 0.3 is 5.97 Å². The lowest BCUT2D eigenvalue weighted by Gasteiger charge is -2.32. The van der Waals surface area contributed by atoms with E-state index in [1.807, 2.05) is 36.4 Å². The molecule has 2 aromatic carbocycles. The number of ether oxygens (including phenoxy) is 4. The number of para-hydroxylation sites is 1. The maximum absolute atomic E-state index is 13.6. The first-order chi connectivity index (χ1) is 21.9. The number of carbonyl (C=O) groups excluding carboxylic acids is 3. The Hall–Kier alpha value is -4.05. The molecule has 2 aliphatic heterocycles. The van der Waals surface area contributed by atoms with Crippen molar-refractivity contribution in [3.63, 3.8) is 0 Å². The predicted molar refractivity (Wildman–Crippen MR) is 170 cm³/mol. The van der Waals surface area contributed by atoms with Crippen molar-refractivity contribution >= 4 is 23.9 Å². The minimum absolute atomic E-state index is 0.0956. The number of hydrogen-bond donors (Lipinski definition) is 2. The van der Waals surface area contributed by atoms with Crippen molar-refractivity contribution in [2.24, 2.45) is 11.3 Å². The molecule has 1 saturated carbocycles. The summed E-state index contributed by atoms with van der Waals surface area (Å²) in [5.41, 5.74) is 2.09. The summed E-state index contributed by atoms with van der Waals surface area (Å²) < 4.78 is 23.0. The van der Waals surface area contributed by atoms with E-state index in [0.717, 1.165) is 35.3 Å². The molecule has 0 saturated heterocycles. The van der Waals surface area contributed by atoms with Gasteiger partial charge < -0.3 is 29.6 Å². The number of nitrogens with one attached hydrogen (secondary N) is 2. The Labute approximate surface area is 265 Å². The van der Waals surface area contributed by atoms with E-state index in [-0.39, 0.29) is 37.5 Å². The van der Waals surface area contributed by atoms with Gasteiger partial charge in [-0.05, 0) is 74.1 Å². The Morgan fingerprint density at radius 3 is 2.64 bits per heavy atom. The number of esters is 1. The van der Waals surface area contributed by atoms with E-state index in [0.29, 0.717) is 75.9 Å². The highest BCUT2D eigenvalue weighted by molar-refractivity contribution is 5.81. The van der Waals surface area contributed by atoms with E-state index < -0.39 is 5.41 Å². The van der Waals surface area contributed by atoms with Crippen LogP contribution in [0.5, 0.6) is 17.2 Å². The van der Waals surface area contributed by atoms with E-state index in [2.05, 4.69) is 21.6 Å². The average molecular weight is 620 g/mol. The lowest BCUT2D eigenvalue weighted by molar-refractivity contribution is -0.156. The van der Waals surface area contributed by atoms with Crippen LogP contribution in [0.15, 0.2) is 48.0 Å². The number of methoxy groups -OCH3 is 1. The van der Waals surface area contributed by atoms with Crippen molar-refractivity contribution < 1.29 is 33.3 Å². The number of benzene rings is 2. The molecule has 10 heteroatoms. The Balaban J connectivity index is 1.36. The van der Waals surface area contributed by atoms with Crippen LogP contribution in [-0.4, -0.2) is 82.3 Å². The van der Waals surface area contributed by atoms with Gasteiger partial charge in [0.15, 0.2) is 18.1 Å². The third-order valence-electron chi connectivity index (χ3n) is 8.58. The maximum Gasteiger partial charge on any atom is 0.314 e. The third kappa shape index (κ3) is 9.00. The Kier molecular flexibility index (Phi) is 11.0. The summed E-state index contributed by atoms with van der Waals surface area (Å²) >= 11 is 0. The van der Waals surface area contributed by atoms with Crippen LogP contribution >= 0.6 is 0 Å². The molecule has 1 fully saturated rings. The number of amides is 2. The standard InChI is InChI=1S/C35H45N3O7/c1-3-43-34(41)35(19-25-10-11-25)20-26-12-13-30(42-2)31(18-26)45-23-33(40)36-14-16-38(15-6-9-32(39)37-24-35)21-27-17-28-7-4-5-8-29(28)44-22-27/h4-5,7-8,12-13,17-18,25H,3,6,9-11,14-16,19-24H2,1-2H3,(H,36,40)(H,37,39). The Bertz CT molecular complexity index is 1390. The van der Waals surface area contributed by atoms with Gasteiger partial charge in [-0.15, -0.1) is 0 Å². The molecule has 10 nitrogen and oxygen atoms in total. The molecule has 45 heavy (non-hydrogen) atoms. The summed E-state index contributed by atoms with van der Waals surface area (Å²) in [7, 11) is 1.55. The fraction of sp³-hybridized carbons (Fsp3) is 0.514. The molecule has 242 valence electrons. The molecule has 2 aromatic rings. The lowest BCUT2D eigenvalue weighted by Crippen LogP contribution is -2.46. The lowest BCUT2D eigenvalue weighted by atomic mass is 9.76. The van der Waals surface area contributed by atoms with Crippen molar-refractivity contribution in [1.29, 1.82) is 0 Å². The molecule has 0 radical (unpaired) electrons. The van der Waals surface area contributed by atoms with Gasteiger partial charge in [-0.1, -0.05) is 37.1 Å². The summed E-state index contributed by atoms with van der Waals surface area (Å²) in [6.45, 7) is 4.91. The molecule has 0 spiro atoms. The first kappa shape index (κ1) is 32.3. The molecule has 2 amide bonds. The second-order valence-electron chi connectivity index (χ2n) is 12.2. The third-order valence-corrected chi connectivity index (χ3v) is 8.58. The molecule has 5 rings (SSSR count). The number of carbonyl (C=O) groups is 3. The van der Waals surface area contributed by atoms with E-state index >= 15 is 0 Å². The van der Waals surface area contributed by atoms with Gasteiger partial charge in [-0.25, -0.2) is 0 Å². The van der Waals surface area contributed by atoms with Gasteiger partial charge in [0.1, 0.15) is 12.4 Å². The molecule has 2 heterocycles. The van der Waals surface area contributed by atoms with Crippen molar-refractivity contribution in [2.45, 2.75) is 45.4 Å². The van der Waals surface area contributed by atoms with Crippen LogP contribution in [0.25, 0.3) is 6.08 Å². The van der Waals surface area contributed by atoms with Gasteiger partial charge in [-0.2, -0.15) is 0 Å². The van der Waals surface area contributed by atoms with Gasteiger partial charge in [0.2, 0.25) is 5.91 Å². The van der Waals surface area contributed by atoms with Gasteiger partial charge in [0.05, 0.1) is 19.1 Å². The largest absolute Gasteiger partial charge is 0.493 e. The first-order valence-electron chi connectivity index (χ1n) is 16.0. The van der Waals surface area contributed by atoms with Crippen molar-refractivity contribution in [1.82, 2.24) is 15.5 Å². The quantitative estimate of drug-likeness (QED) is 0.451. The van der Waals surface area contributed by atoms with Crippen LogP contribution in [0.3, 0.4) is 0 Å². The topological polar surface area (TPSA) is 115 Å². The highest BCUT2D eigenvalue weighted by Gasteiger charge is 2.44. The van der Waals surface area contributed by atoms with Crippen LogP contribution in [0.4, 0.5) is 0 Å². The van der Waals surface area contributed by atoms with Crippen molar-refractivity contribution in [3.8, 4) is 17.2 Å². The number of nitrogens with zero attached hydrogens (tertiary/aromatic N) is 1. The normalized spacial score (nSPS) is 21.8. The predicted octanol–water partition coefficient (Wildman–Crippen LogP) is 3.77. The van der Waals surface area contributed by atoms with Crippen LogP contribution in [0.1, 0.15) is 50.2 Å². The fourth-order valence-corrected chi connectivity index (χ4v) is 6.11. The summed E-state index contributed by atoms with van der Waals surface area (Å²) in [6, 6.07) is 13.4. The first-order valence-corrected chi connectivity index (χ1v) is 16.0. The van der Waals surface area contributed by atoms with Crippen LogP contribution in [0, 0.1) is 11.3 Å². The van der Waals surface area contributed by atoms with Gasteiger partial charge in [0, 0.05) is 38.2 Å². The zero-order chi connectivity index (χ0) is 31.6. The molecule has 0 aromatic heterocycles. The molecular formula is C35H45N3O7. The zero-order valence-electron chi connectivity index (χ0n) is 26.4. The van der Waals surface area contributed by atoms with Crippen LogP contribution in [-0.2, 0) is 25.5 Å². The summed E-state index contributed by atoms with van der Waals surface area (Å²) in [5.74, 6) is 1.56. The molecule has 2 bridgehead atoms. The van der Waals surface area contributed by atoms with E-state index in [1.165, 1.54) is 0 Å². The Morgan fingerprint density at radius 2 is 1.84 bits per heavy atom. The maximum atomic E-state index is 13.6. The molecule has 1 atom stereocenters. The number of rotatable bonds is 7. The molecule has 3 aliphatic rings. The SMILES string of the molecule is CCOC(=O)C1(CC2CC2)CNC(=O)CCCN(CC2=Cc3ccccc3OC2)CCNC(=O)COc2cc(ccc2OC)C1. The minimum atomic E-state index is -0.919. The highest BCUT2D eigenvalue weighted by Crippen LogP contribution is 2.43. The second kappa shape index (κ2) is 15.3. The van der Waals surface area contributed by atoms with E-state index in [4.69, 9.17) is 18.9 Å². The summed E-state index contributed by atoms with van der Waals surface area (Å²) in [4.78, 5) is 41.8. The smallest absolute Gasteiger partial charge is 0.314 e. The molecule has 1 unspecified atom stereocenters. The molecular weight excluding hydrogens is 574 g/mol. The van der Waals surface area contributed by atoms with Crippen LogP contribution in [0.2, 0.25) is 0 Å². The highest BCUT2D eigenvalue weighted by atomic mass is 16.5. The zero-order valence-corrected chi connectivity index (χ0v) is 26.4.